The maximum Gasteiger partial charge on any atom is 0.0820 e. The van der Waals surface area contributed by atoms with Crippen LogP contribution in [0, 0.1) is 0 Å². The van der Waals surface area contributed by atoms with Crippen LogP contribution in [0.25, 0.3) is 0 Å². The molecule has 0 rings (SSSR count). The molecule has 0 amide bonds. The number of rotatable bonds is 3. The van der Waals surface area contributed by atoms with Gasteiger partial charge in [-0.3, -0.25) is 0 Å². The summed E-state index contributed by atoms with van der Waals surface area (Å²) in [6.07, 6.45) is 1.38. The molecule has 0 heterocycles. The fourth-order valence-corrected chi connectivity index (χ4v) is 6.23. The summed E-state index contributed by atoms with van der Waals surface area (Å²) in [7, 11) is 6.95. The first-order chi connectivity index (χ1) is 6.34. The second kappa shape index (κ2) is 6.33. The van der Waals surface area contributed by atoms with E-state index in [1.54, 1.807) is 0 Å². The Morgan fingerprint density at radius 2 is 1.12 bits per heavy atom. The molecule has 0 aromatic rings. The van der Waals surface area contributed by atoms with E-state index in [1.807, 2.05) is 0 Å². The smallest absolute Gasteiger partial charge is 0.0820 e. The van der Waals surface area contributed by atoms with Crippen molar-refractivity contribution >= 4 is 7.92 Å². The number of quaternary nitrogens is 1. The highest BCUT2D eigenvalue weighted by Gasteiger charge is 2.34. The van der Waals surface area contributed by atoms with Crippen molar-refractivity contribution in [2.75, 3.05) is 33.8 Å². The Morgan fingerprint density at radius 1 is 0.812 bits per heavy atom. The molecule has 0 aliphatic rings. The van der Waals surface area contributed by atoms with Gasteiger partial charge in [0.15, 0.2) is 0 Å². The highest BCUT2D eigenvalue weighted by molar-refractivity contribution is 7.60. The summed E-state index contributed by atoms with van der Waals surface area (Å²) in [5.41, 5.74) is 0. The molecule has 0 spiro atoms. The standard InChI is InChI=1S/C13H31NP.HI/c1-12(2,3)15(13(4,5)6)11-10-14(7,8)9;/h10-11H2,1-9H3;1H/q+1;/p-1. The third kappa shape index (κ3) is 8.25. The van der Waals surface area contributed by atoms with E-state index in [4.69, 9.17) is 0 Å². The Hall–Kier alpha value is 1.12. The van der Waals surface area contributed by atoms with E-state index in [2.05, 4.69) is 62.7 Å². The lowest BCUT2D eigenvalue weighted by atomic mass is 10.2. The van der Waals surface area contributed by atoms with Gasteiger partial charge in [-0.25, -0.2) is 0 Å². The molecule has 0 saturated heterocycles. The van der Waals surface area contributed by atoms with Gasteiger partial charge in [-0.1, -0.05) is 49.5 Å². The molecular formula is C13H31INP. The molecule has 16 heavy (non-hydrogen) atoms. The first kappa shape index (κ1) is 19.5. The number of nitrogens with zero attached hydrogens (tertiary/aromatic N) is 1. The van der Waals surface area contributed by atoms with Gasteiger partial charge < -0.3 is 28.5 Å². The molecule has 0 aliphatic carbocycles. The van der Waals surface area contributed by atoms with Crippen LogP contribution in [0.1, 0.15) is 41.5 Å². The summed E-state index contributed by atoms with van der Waals surface area (Å²) in [5.74, 6) is 0. The SMILES string of the molecule is CC(C)(C)P(CC[N+](C)(C)C)C(C)(C)C.[I-]. The number of hydrogen-bond donors (Lipinski definition) is 0. The van der Waals surface area contributed by atoms with Gasteiger partial charge in [0.05, 0.1) is 27.7 Å². The molecule has 100 valence electrons. The van der Waals surface area contributed by atoms with Gasteiger partial charge in [-0.05, 0) is 10.3 Å². The molecule has 0 atom stereocenters. The van der Waals surface area contributed by atoms with Crippen LogP contribution in [0.3, 0.4) is 0 Å². The van der Waals surface area contributed by atoms with Crippen molar-refractivity contribution in [3.63, 3.8) is 0 Å². The van der Waals surface area contributed by atoms with Crippen LogP contribution >= 0.6 is 7.92 Å². The molecule has 0 saturated carbocycles. The zero-order valence-electron chi connectivity index (χ0n) is 12.7. The molecule has 0 bridgehead atoms. The Balaban J connectivity index is 0. The Labute approximate surface area is 122 Å². The second-order valence-electron chi connectivity index (χ2n) is 7.51. The molecule has 3 heteroatoms. The van der Waals surface area contributed by atoms with Crippen LogP contribution in [0.4, 0.5) is 0 Å². The molecule has 0 unspecified atom stereocenters. The van der Waals surface area contributed by atoms with Gasteiger partial charge >= 0.3 is 0 Å². The minimum atomic E-state index is 0. The van der Waals surface area contributed by atoms with Crippen molar-refractivity contribution in [2.24, 2.45) is 0 Å². The third-order valence-corrected chi connectivity index (χ3v) is 6.50. The van der Waals surface area contributed by atoms with Crippen molar-refractivity contribution in [3.05, 3.63) is 0 Å². The zero-order chi connectivity index (χ0) is 12.5. The second-order valence-corrected chi connectivity index (χ2v) is 11.5. The zero-order valence-corrected chi connectivity index (χ0v) is 15.7. The van der Waals surface area contributed by atoms with E-state index in [9.17, 15) is 0 Å². The van der Waals surface area contributed by atoms with Gasteiger partial charge in [-0.15, -0.1) is 0 Å². The average molecular weight is 359 g/mol. The molecule has 0 aliphatic heterocycles. The van der Waals surface area contributed by atoms with Crippen LogP contribution < -0.4 is 24.0 Å². The lowest BCUT2D eigenvalue weighted by Crippen LogP contribution is -3.00. The van der Waals surface area contributed by atoms with Crippen LogP contribution in [0.2, 0.25) is 0 Å². The minimum absolute atomic E-state index is 0. The minimum Gasteiger partial charge on any atom is -1.00 e. The quantitative estimate of drug-likeness (QED) is 0.397. The Bertz CT molecular complexity index is 181. The first-order valence-electron chi connectivity index (χ1n) is 5.92. The van der Waals surface area contributed by atoms with E-state index in [-0.39, 0.29) is 31.9 Å². The van der Waals surface area contributed by atoms with Gasteiger partial charge in [0.1, 0.15) is 0 Å². The molecule has 0 aromatic heterocycles. The van der Waals surface area contributed by atoms with Crippen LogP contribution in [0.5, 0.6) is 0 Å². The van der Waals surface area contributed by atoms with Crippen molar-refractivity contribution in [1.29, 1.82) is 0 Å². The predicted molar refractivity (Wildman–Crippen MR) is 74.2 cm³/mol. The number of halogens is 1. The number of hydrogen-bond acceptors (Lipinski definition) is 0. The third-order valence-electron chi connectivity index (χ3n) is 2.61. The molecule has 1 nitrogen and oxygen atoms in total. The fraction of sp³-hybridized carbons (Fsp3) is 1.00. The molecule has 0 fully saturated rings. The lowest BCUT2D eigenvalue weighted by molar-refractivity contribution is -0.867. The summed E-state index contributed by atoms with van der Waals surface area (Å²) in [5, 5.41) is 0.950. The fourth-order valence-electron chi connectivity index (χ4n) is 2.08. The molecule has 0 N–H and O–H groups in total. The summed E-state index contributed by atoms with van der Waals surface area (Å²) >= 11 is 0. The molecule has 0 aromatic carbocycles. The van der Waals surface area contributed by atoms with Crippen molar-refractivity contribution < 1.29 is 28.5 Å². The summed E-state index contributed by atoms with van der Waals surface area (Å²) in [6, 6.07) is 0. The predicted octanol–water partition coefficient (Wildman–Crippen LogP) is 0.776. The molecule has 0 radical (unpaired) electrons. The largest absolute Gasteiger partial charge is 1.00 e. The highest BCUT2D eigenvalue weighted by atomic mass is 127. The van der Waals surface area contributed by atoms with Gasteiger partial charge in [0, 0.05) is 6.16 Å². The lowest BCUT2D eigenvalue weighted by Gasteiger charge is -2.42. The first-order valence-corrected chi connectivity index (χ1v) is 7.45. The van der Waals surface area contributed by atoms with E-state index < -0.39 is 0 Å². The van der Waals surface area contributed by atoms with E-state index in [0.717, 1.165) is 4.48 Å². The van der Waals surface area contributed by atoms with Crippen molar-refractivity contribution in [3.8, 4) is 0 Å². The van der Waals surface area contributed by atoms with Crippen LogP contribution in [-0.2, 0) is 0 Å². The summed E-state index contributed by atoms with van der Waals surface area (Å²) in [4.78, 5) is 0. The van der Waals surface area contributed by atoms with Gasteiger partial charge in [-0.2, -0.15) is 0 Å². The maximum absolute atomic E-state index is 2.40. The maximum atomic E-state index is 2.40. The van der Waals surface area contributed by atoms with Gasteiger partial charge in [0.25, 0.3) is 0 Å². The van der Waals surface area contributed by atoms with Gasteiger partial charge in [0.2, 0.25) is 0 Å². The average Bonchev–Trinajstić information content (AvgIpc) is 1.75. The van der Waals surface area contributed by atoms with E-state index >= 15 is 0 Å². The monoisotopic (exact) mass is 359 g/mol. The Morgan fingerprint density at radius 3 is 1.31 bits per heavy atom. The van der Waals surface area contributed by atoms with Crippen LogP contribution in [-0.4, -0.2) is 48.6 Å². The topological polar surface area (TPSA) is 0 Å². The molecular weight excluding hydrogens is 328 g/mol. The normalized spacial score (nSPS) is 13.9. The summed E-state index contributed by atoms with van der Waals surface area (Å²) in [6.45, 7) is 15.7. The highest BCUT2D eigenvalue weighted by Crippen LogP contribution is 2.58. The Kier molecular flexibility index (Phi) is 7.70. The van der Waals surface area contributed by atoms with E-state index in [1.165, 1.54) is 12.7 Å². The van der Waals surface area contributed by atoms with Crippen LogP contribution in [0.15, 0.2) is 0 Å². The summed E-state index contributed by atoms with van der Waals surface area (Å²) < 4.78 is 1.09. The van der Waals surface area contributed by atoms with Crippen molar-refractivity contribution in [1.82, 2.24) is 0 Å². The van der Waals surface area contributed by atoms with Crippen molar-refractivity contribution in [2.45, 2.75) is 51.9 Å². The van der Waals surface area contributed by atoms with E-state index in [0.29, 0.717) is 10.3 Å².